The van der Waals surface area contributed by atoms with Crippen LogP contribution in [0.25, 0.3) is 0 Å². The van der Waals surface area contributed by atoms with Crippen LogP contribution in [0.4, 0.5) is 18.2 Å². The first-order chi connectivity index (χ1) is 7.38. The molecule has 4 nitrogen and oxygen atoms in total. The van der Waals surface area contributed by atoms with Gasteiger partial charge in [0, 0.05) is 24.5 Å². The summed E-state index contributed by atoms with van der Waals surface area (Å²) >= 11 is 0.960. The fourth-order valence-electron chi connectivity index (χ4n) is 1.01. The topological polar surface area (TPSA) is 55.2 Å². The number of rotatable bonds is 5. The van der Waals surface area contributed by atoms with Crippen LogP contribution in [0.1, 0.15) is 12.0 Å². The van der Waals surface area contributed by atoms with Gasteiger partial charge in [-0.25, -0.2) is 0 Å². The Labute approximate surface area is 93.2 Å². The molecule has 1 aromatic heterocycles. The van der Waals surface area contributed by atoms with Crippen molar-refractivity contribution in [3.8, 4) is 0 Å². The lowest BCUT2D eigenvalue weighted by molar-refractivity contribution is -0.380. The first kappa shape index (κ1) is 12.9. The Hall–Kier alpha value is -1.15. The number of hydrogen-bond acceptors (Lipinski definition) is 4. The molecule has 0 amide bonds. The summed E-state index contributed by atoms with van der Waals surface area (Å²) in [7, 11) is 0. The second kappa shape index (κ2) is 5.26. The molecule has 1 N–H and O–H groups in total. The summed E-state index contributed by atoms with van der Waals surface area (Å²) in [5.41, 5.74) is 0.624. The normalized spacial score (nSPS) is 11.7. The zero-order valence-corrected chi connectivity index (χ0v) is 8.90. The van der Waals surface area contributed by atoms with Crippen LogP contribution in [-0.2, 0) is 6.54 Å². The molecule has 0 radical (unpaired) electrons. The first-order valence-corrected chi connectivity index (χ1v) is 5.26. The molecule has 0 aromatic carbocycles. The standard InChI is InChI=1S/C8H9F3N2O2S/c9-8(10,11)1-2-12-4-6-3-7(13(14)15)16-5-6/h3,5,12H,1-2,4H2. The van der Waals surface area contributed by atoms with Crippen molar-refractivity contribution in [2.75, 3.05) is 6.54 Å². The predicted molar refractivity (Wildman–Crippen MR) is 53.4 cm³/mol. The molecule has 1 heterocycles. The number of hydrogen-bond donors (Lipinski definition) is 1. The number of alkyl halides is 3. The Morgan fingerprint density at radius 3 is 2.69 bits per heavy atom. The summed E-state index contributed by atoms with van der Waals surface area (Å²) in [6, 6.07) is 1.35. The summed E-state index contributed by atoms with van der Waals surface area (Å²) in [5, 5.41) is 14.4. The molecule has 0 spiro atoms. The van der Waals surface area contributed by atoms with Crippen molar-refractivity contribution >= 4 is 16.3 Å². The van der Waals surface area contributed by atoms with Crippen LogP contribution in [0.2, 0.25) is 0 Å². The van der Waals surface area contributed by atoms with Crippen molar-refractivity contribution < 1.29 is 18.1 Å². The molecule has 0 aliphatic heterocycles. The zero-order chi connectivity index (χ0) is 12.2. The van der Waals surface area contributed by atoms with Crippen LogP contribution in [0.3, 0.4) is 0 Å². The maximum atomic E-state index is 11.8. The average molecular weight is 254 g/mol. The Morgan fingerprint density at radius 1 is 1.50 bits per heavy atom. The fourth-order valence-corrected chi connectivity index (χ4v) is 1.74. The highest BCUT2D eigenvalue weighted by atomic mass is 32.1. The molecule has 0 aliphatic rings. The van der Waals surface area contributed by atoms with Crippen molar-refractivity contribution in [1.82, 2.24) is 5.32 Å². The number of thiophene rings is 1. The second-order valence-electron chi connectivity index (χ2n) is 3.09. The highest BCUT2D eigenvalue weighted by molar-refractivity contribution is 7.13. The Kier molecular flexibility index (Phi) is 4.25. The van der Waals surface area contributed by atoms with Gasteiger partial charge in [-0.2, -0.15) is 13.2 Å². The minimum Gasteiger partial charge on any atom is -0.312 e. The van der Waals surface area contributed by atoms with E-state index in [0.29, 0.717) is 5.56 Å². The van der Waals surface area contributed by atoms with Crippen LogP contribution < -0.4 is 5.32 Å². The van der Waals surface area contributed by atoms with Crippen LogP contribution in [-0.4, -0.2) is 17.6 Å². The van der Waals surface area contributed by atoms with Gasteiger partial charge in [0.1, 0.15) is 0 Å². The van der Waals surface area contributed by atoms with E-state index in [1.54, 1.807) is 5.38 Å². The third-order valence-corrected chi connectivity index (χ3v) is 2.66. The summed E-state index contributed by atoms with van der Waals surface area (Å²) in [6.07, 6.45) is -5.08. The van der Waals surface area contributed by atoms with E-state index in [4.69, 9.17) is 0 Å². The molecule has 16 heavy (non-hydrogen) atoms. The van der Waals surface area contributed by atoms with Gasteiger partial charge >= 0.3 is 11.2 Å². The van der Waals surface area contributed by atoms with Gasteiger partial charge in [-0.1, -0.05) is 11.3 Å². The minimum absolute atomic E-state index is 0.00683. The SMILES string of the molecule is O=[N+]([O-])c1cc(CNCCC(F)(F)F)cs1. The van der Waals surface area contributed by atoms with E-state index in [1.807, 2.05) is 0 Å². The second-order valence-corrected chi connectivity index (χ2v) is 3.98. The molecule has 1 aromatic rings. The fraction of sp³-hybridized carbons (Fsp3) is 0.500. The predicted octanol–water partition coefficient (Wildman–Crippen LogP) is 2.70. The van der Waals surface area contributed by atoms with E-state index in [0.717, 1.165) is 11.3 Å². The smallest absolute Gasteiger partial charge is 0.312 e. The molecule has 8 heteroatoms. The maximum absolute atomic E-state index is 11.8. The van der Waals surface area contributed by atoms with Crippen LogP contribution in [0.5, 0.6) is 0 Å². The van der Waals surface area contributed by atoms with Gasteiger partial charge in [-0.05, 0) is 5.56 Å². The molecular formula is C8H9F3N2O2S. The molecule has 0 atom stereocenters. The molecule has 1 rings (SSSR count). The summed E-state index contributed by atoms with van der Waals surface area (Å²) in [5.74, 6) is 0. The van der Waals surface area contributed by atoms with Gasteiger partial charge in [-0.3, -0.25) is 10.1 Å². The van der Waals surface area contributed by atoms with E-state index in [2.05, 4.69) is 5.32 Å². The molecule has 0 unspecified atom stereocenters. The lowest BCUT2D eigenvalue weighted by Crippen LogP contribution is -2.21. The molecule has 0 bridgehead atoms. The molecule has 90 valence electrons. The molecule has 0 aliphatic carbocycles. The average Bonchev–Trinajstić information content (AvgIpc) is 2.59. The number of nitrogens with one attached hydrogen (secondary N) is 1. The highest BCUT2D eigenvalue weighted by Gasteiger charge is 2.25. The van der Waals surface area contributed by atoms with Gasteiger partial charge in [0.2, 0.25) is 0 Å². The Balaban J connectivity index is 2.30. The Morgan fingerprint density at radius 2 is 2.19 bits per heavy atom. The van der Waals surface area contributed by atoms with Crippen molar-refractivity contribution in [3.63, 3.8) is 0 Å². The lowest BCUT2D eigenvalue weighted by atomic mass is 10.3. The maximum Gasteiger partial charge on any atom is 0.390 e. The van der Waals surface area contributed by atoms with Gasteiger partial charge < -0.3 is 5.32 Å². The lowest BCUT2D eigenvalue weighted by Gasteiger charge is -2.06. The van der Waals surface area contributed by atoms with Gasteiger partial charge in [0.15, 0.2) is 0 Å². The zero-order valence-electron chi connectivity index (χ0n) is 8.08. The number of halogens is 3. The first-order valence-electron chi connectivity index (χ1n) is 4.38. The van der Waals surface area contributed by atoms with E-state index in [-0.39, 0.29) is 18.1 Å². The van der Waals surface area contributed by atoms with E-state index < -0.39 is 17.5 Å². The van der Waals surface area contributed by atoms with Gasteiger partial charge in [0.25, 0.3) is 0 Å². The van der Waals surface area contributed by atoms with Crippen LogP contribution in [0, 0.1) is 10.1 Å². The summed E-state index contributed by atoms with van der Waals surface area (Å²) in [6.45, 7) is 0.0214. The van der Waals surface area contributed by atoms with Gasteiger partial charge in [0.05, 0.1) is 11.3 Å². The van der Waals surface area contributed by atoms with E-state index >= 15 is 0 Å². The third-order valence-electron chi connectivity index (χ3n) is 1.73. The van der Waals surface area contributed by atoms with Crippen molar-refractivity contribution in [2.45, 2.75) is 19.1 Å². The molecule has 0 saturated heterocycles. The van der Waals surface area contributed by atoms with Crippen molar-refractivity contribution in [2.24, 2.45) is 0 Å². The molecular weight excluding hydrogens is 245 g/mol. The highest BCUT2D eigenvalue weighted by Crippen LogP contribution is 2.22. The summed E-state index contributed by atoms with van der Waals surface area (Å²) in [4.78, 5) is 9.80. The monoisotopic (exact) mass is 254 g/mol. The molecule has 0 saturated carbocycles. The van der Waals surface area contributed by atoms with Crippen LogP contribution in [0.15, 0.2) is 11.4 Å². The number of nitro groups is 1. The summed E-state index contributed by atoms with van der Waals surface area (Å²) < 4.78 is 35.3. The third kappa shape index (κ3) is 4.58. The quantitative estimate of drug-likeness (QED) is 0.499. The van der Waals surface area contributed by atoms with Crippen molar-refractivity contribution in [3.05, 3.63) is 27.1 Å². The largest absolute Gasteiger partial charge is 0.390 e. The van der Waals surface area contributed by atoms with Gasteiger partial charge in [-0.15, -0.1) is 0 Å². The van der Waals surface area contributed by atoms with E-state index in [9.17, 15) is 23.3 Å². The number of nitrogens with zero attached hydrogens (tertiary/aromatic N) is 1. The Bertz CT molecular complexity index is 364. The van der Waals surface area contributed by atoms with Crippen LogP contribution >= 0.6 is 11.3 Å². The van der Waals surface area contributed by atoms with E-state index in [1.165, 1.54) is 6.07 Å². The molecule has 0 fully saturated rings. The van der Waals surface area contributed by atoms with Crippen molar-refractivity contribution in [1.29, 1.82) is 0 Å². The minimum atomic E-state index is -4.17.